The number of aromatic nitrogens is 3. The van der Waals surface area contributed by atoms with E-state index in [1.54, 1.807) is 23.5 Å². The Morgan fingerprint density at radius 1 is 1.33 bits per heavy atom. The van der Waals surface area contributed by atoms with Gasteiger partial charge in [-0.2, -0.15) is 0 Å². The minimum atomic E-state index is -0.0437. The van der Waals surface area contributed by atoms with Crippen LogP contribution in [0.15, 0.2) is 46.9 Å². The minimum Gasteiger partial charge on any atom is -0.484 e. The Bertz CT molecular complexity index is 899. The van der Waals surface area contributed by atoms with Gasteiger partial charge in [0.15, 0.2) is 11.0 Å². The number of thiophene rings is 1. The maximum atomic E-state index is 12.2. The zero-order valence-electron chi connectivity index (χ0n) is 14.9. The number of nitrogens with one attached hydrogen (secondary N) is 1. The quantitative estimate of drug-likeness (QED) is 0.554. The summed E-state index contributed by atoms with van der Waals surface area (Å²) in [5.74, 6) is 1.48. The molecule has 2 aromatic heterocycles. The molecule has 3 rings (SSSR count). The number of nitrogens with zero attached hydrogens (tertiary/aromatic N) is 3. The summed E-state index contributed by atoms with van der Waals surface area (Å²) < 4.78 is 7.51. The van der Waals surface area contributed by atoms with Crippen LogP contribution in [0.25, 0.3) is 0 Å². The molecule has 0 bridgehead atoms. The third-order valence-electron chi connectivity index (χ3n) is 3.80. The zero-order chi connectivity index (χ0) is 19.2. The monoisotopic (exact) mass is 422 g/mol. The molecule has 1 N–H and O–H groups in total. The van der Waals surface area contributed by atoms with Crippen molar-refractivity contribution in [3.8, 4) is 5.75 Å². The highest BCUT2D eigenvalue weighted by Crippen LogP contribution is 2.24. The molecule has 1 amide bonds. The number of carbonyl (C=O) groups excluding carboxylic acids is 1. The SMILES string of the molecule is CC(NC(=O)CSc1nnc(COc2ccccc2Cl)n1C)c1cccs1. The largest absolute Gasteiger partial charge is 0.484 e. The summed E-state index contributed by atoms with van der Waals surface area (Å²) in [5, 5.41) is 14.5. The lowest BCUT2D eigenvalue weighted by atomic mass is 10.3. The van der Waals surface area contributed by atoms with Crippen molar-refractivity contribution in [2.45, 2.75) is 24.7 Å². The number of halogens is 1. The van der Waals surface area contributed by atoms with Crippen molar-refractivity contribution in [2.24, 2.45) is 7.05 Å². The second-order valence-corrected chi connectivity index (χ2v) is 8.10. The number of rotatable bonds is 8. The van der Waals surface area contributed by atoms with Crippen LogP contribution in [-0.2, 0) is 18.4 Å². The molecule has 142 valence electrons. The van der Waals surface area contributed by atoms with Crippen molar-refractivity contribution >= 4 is 40.6 Å². The Hall–Kier alpha value is -2.03. The van der Waals surface area contributed by atoms with E-state index in [2.05, 4.69) is 15.5 Å². The summed E-state index contributed by atoms with van der Waals surface area (Å²) in [6, 6.07) is 11.3. The van der Waals surface area contributed by atoms with Gasteiger partial charge in [0, 0.05) is 11.9 Å². The van der Waals surface area contributed by atoms with Crippen LogP contribution in [0, 0.1) is 0 Å². The fraction of sp³-hybridized carbons (Fsp3) is 0.278. The highest BCUT2D eigenvalue weighted by molar-refractivity contribution is 7.99. The molecular weight excluding hydrogens is 404 g/mol. The van der Waals surface area contributed by atoms with Gasteiger partial charge < -0.3 is 14.6 Å². The lowest BCUT2D eigenvalue weighted by molar-refractivity contribution is -0.119. The van der Waals surface area contributed by atoms with Crippen LogP contribution in [0.2, 0.25) is 5.02 Å². The number of para-hydroxylation sites is 1. The highest BCUT2D eigenvalue weighted by atomic mass is 35.5. The molecule has 1 atom stereocenters. The van der Waals surface area contributed by atoms with Gasteiger partial charge in [0.1, 0.15) is 12.4 Å². The van der Waals surface area contributed by atoms with Crippen molar-refractivity contribution in [3.63, 3.8) is 0 Å². The van der Waals surface area contributed by atoms with Gasteiger partial charge in [0.2, 0.25) is 5.91 Å². The first kappa shape index (κ1) is 19.7. The van der Waals surface area contributed by atoms with E-state index in [1.807, 2.05) is 48.2 Å². The van der Waals surface area contributed by atoms with Gasteiger partial charge in [-0.05, 0) is 30.5 Å². The van der Waals surface area contributed by atoms with Crippen molar-refractivity contribution in [3.05, 3.63) is 57.5 Å². The van der Waals surface area contributed by atoms with E-state index in [0.717, 1.165) is 4.88 Å². The Morgan fingerprint density at radius 3 is 2.89 bits per heavy atom. The summed E-state index contributed by atoms with van der Waals surface area (Å²) in [5.41, 5.74) is 0. The van der Waals surface area contributed by atoms with Gasteiger partial charge in [0.05, 0.1) is 16.8 Å². The van der Waals surface area contributed by atoms with Gasteiger partial charge in [-0.25, -0.2) is 0 Å². The van der Waals surface area contributed by atoms with E-state index in [0.29, 0.717) is 21.8 Å². The summed E-state index contributed by atoms with van der Waals surface area (Å²) in [6.07, 6.45) is 0. The molecule has 0 spiro atoms. The predicted molar refractivity (Wildman–Crippen MR) is 108 cm³/mol. The molecule has 2 heterocycles. The van der Waals surface area contributed by atoms with Crippen molar-refractivity contribution in [1.82, 2.24) is 20.1 Å². The normalized spacial score (nSPS) is 12.0. The maximum Gasteiger partial charge on any atom is 0.230 e. The molecule has 0 fully saturated rings. The van der Waals surface area contributed by atoms with E-state index in [-0.39, 0.29) is 24.3 Å². The summed E-state index contributed by atoms with van der Waals surface area (Å²) >= 11 is 9.05. The molecule has 9 heteroatoms. The van der Waals surface area contributed by atoms with Gasteiger partial charge in [0.25, 0.3) is 0 Å². The smallest absolute Gasteiger partial charge is 0.230 e. The molecule has 0 saturated heterocycles. The Balaban J connectivity index is 1.51. The Kier molecular flexibility index (Phi) is 6.76. The standard InChI is InChI=1S/C18H19ClN4O2S2/c1-12(15-8-5-9-26-15)20-17(24)11-27-18-22-21-16(23(18)2)10-25-14-7-4-3-6-13(14)19/h3-9,12H,10-11H2,1-2H3,(H,20,24). The van der Waals surface area contributed by atoms with E-state index < -0.39 is 0 Å². The summed E-state index contributed by atoms with van der Waals surface area (Å²) in [4.78, 5) is 13.3. The van der Waals surface area contributed by atoms with E-state index in [9.17, 15) is 4.79 Å². The zero-order valence-corrected chi connectivity index (χ0v) is 17.3. The molecule has 0 aliphatic heterocycles. The van der Waals surface area contributed by atoms with E-state index >= 15 is 0 Å². The van der Waals surface area contributed by atoms with Gasteiger partial charge in [-0.1, -0.05) is 41.6 Å². The highest BCUT2D eigenvalue weighted by Gasteiger charge is 2.14. The van der Waals surface area contributed by atoms with Crippen LogP contribution in [0.4, 0.5) is 0 Å². The first-order chi connectivity index (χ1) is 13.0. The number of hydrogen-bond acceptors (Lipinski definition) is 6. The van der Waals surface area contributed by atoms with Crippen LogP contribution in [-0.4, -0.2) is 26.4 Å². The number of carbonyl (C=O) groups is 1. The number of thioether (sulfide) groups is 1. The van der Waals surface area contributed by atoms with E-state index in [4.69, 9.17) is 16.3 Å². The molecule has 3 aromatic rings. The van der Waals surface area contributed by atoms with Crippen molar-refractivity contribution in [1.29, 1.82) is 0 Å². The average Bonchev–Trinajstić information content (AvgIpc) is 3.30. The summed E-state index contributed by atoms with van der Waals surface area (Å²) in [7, 11) is 1.85. The van der Waals surface area contributed by atoms with Crippen LogP contribution < -0.4 is 10.1 Å². The van der Waals surface area contributed by atoms with Crippen molar-refractivity contribution < 1.29 is 9.53 Å². The molecule has 0 aliphatic carbocycles. The Morgan fingerprint density at radius 2 is 2.15 bits per heavy atom. The third-order valence-corrected chi connectivity index (χ3v) is 6.19. The number of amides is 1. The molecule has 0 saturated carbocycles. The first-order valence-electron chi connectivity index (χ1n) is 8.25. The molecular formula is C18H19ClN4O2S2. The first-order valence-corrected chi connectivity index (χ1v) is 10.5. The molecule has 27 heavy (non-hydrogen) atoms. The molecule has 0 aliphatic rings. The number of hydrogen-bond donors (Lipinski definition) is 1. The second-order valence-electron chi connectivity index (χ2n) is 5.77. The molecule has 6 nitrogen and oxygen atoms in total. The fourth-order valence-corrected chi connectivity index (χ4v) is 3.99. The lowest BCUT2D eigenvalue weighted by Crippen LogP contribution is -2.27. The van der Waals surface area contributed by atoms with Gasteiger partial charge in [-0.15, -0.1) is 21.5 Å². The van der Waals surface area contributed by atoms with Crippen LogP contribution in [0.5, 0.6) is 5.75 Å². The predicted octanol–water partition coefficient (Wildman–Crippen LogP) is 4.08. The van der Waals surface area contributed by atoms with Gasteiger partial charge >= 0.3 is 0 Å². The summed E-state index contributed by atoms with van der Waals surface area (Å²) in [6.45, 7) is 2.22. The third kappa shape index (κ3) is 5.24. The van der Waals surface area contributed by atoms with Crippen molar-refractivity contribution in [2.75, 3.05) is 5.75 Å². The van der Waals surface area contributed by atoms with E-state index in [1.165, 1.54) is 11.8 Å². The Labute approximate surface area is 170 Å². The fourth-order valence-electron chi connectivity index (χ4n) is 2.32. The molecule has 0 radical (unpaired) electrons. The van der Waals surface area contributed by atoms with Crippen LogP contribution >= 0.6 is 34.7 Å². The second kappa shape index (κ2) is 9.25. The minimum absolute atomic E-state index is 0.00261. The lowest BCUT2D eigenvalue weighted by Gasteiger charge is -2.11. The average molecular weight is 423 g/mol. The maximum absolute atomic E-state index is 12.2. The number of ether oxygens (including phenoxy) is 1. The van der Waals surface area contributed by atoms with Crippen LogP contribution in [0.1, 0.15) is 23.7 Å². The topological polar surface area (TPSA) is 69.0 Å². The molecule has 1 aromatic carbocycles. The molecule has 1 unspecified atom stereocenters. The number of benzene rings is 1. The van der Waals surface area contributed by atoms with Gasteiger partial charge in [-0.3, -0.25) is 4.79 Å². The van der Waals surface area contributed by atoms with Crippen LogP contribution in [0.3, 0.4) is 0 Å².